The van der Waals surface area contributed by atoms with Crippen LogP contribution in [0.15, 0.2) is 42.7 Å². The van der Waals surface area contributed by atoms with Crippen molar-refractivity contribution in [2.75, 3.05) is 33.4 Å². The number of nitrogens with zero attached hydrogens (tertiary/aromatic N) is 2. The van der Waals surface area contributed by atoms with Crippen molar-refractivity contribution in [1.82, 2.24) is 9.88 Å². The molecule has 2 aliphatic heterocycles. The molecule has 0 radical (unpaired) electrons. The first-order chi connectivity index (χ1) is 15.2. The Balaban J connectivity index is 1.73. The van der Waals surface area contributed by atoms with Crippen molar-refractivity contribution in [2.45, 2.75) is 50.7 Å². The molecule has 2 N–H and O–H groups in total. The summed E-state index contributed by atoms with van der Waals surface area (Å²) in [6.07, 6.45) is 4.44. The van der Waals surface area contributed by atoms with E-state index in [1.807, 2.05) is 18.2 Å². The second-order valence-corrected chi connectivity index (χ2v) is 10.1. The van der Waals surface area contributed by atoms with Crippen molar-refractivity contribution in [1.29, 1.82) is 0 Å². The number of aromatic nitrogens is 1. The lowest BCUT2D eigenvalue weighted by Crippen LogP contribution is -2.63. The van der Waals surface area contributed by atoms with E-state index in [-0.39, 0.29) is 5.41 Å². The number of hydrogen-bond donors (Lipinski definition) is 2. The monoisotopic (exact) mass is 434 g/mol. The molecule has 170 valence electrons. The highest BCUT2D eigenvalue weighted by Crippen LogP contribution is 2.50. The maximum atomic E-state index is 12.3. The van der Waals surface area contributed by atoms with E-state index in [0.29, 0.717) is 37.5 Å². The van der Waals surface area contributed by atoms with Gasteiger partial charge in [-0.25, -0.2) is 0 Å². The highest BCUT2D eigenvalue weighted by atomic mass is 16.5. The van der Waals surface area contributed by atoms with Crippen LogP contribution in [0.2, 0.25) is 0 Å². The molecule has 1 aromatic carbocycles. The van der Waals surface area contributed by atoms with Crippen LogP contribution in [-0.4, -0.2) is 59.0 Å². The third-order valence-electron chi connectivity index (χ3n) is 7.02. The summed E-state index contributed by atoms with van der Waals surface area (Å²) in [4.78, 5) is 6.63. The molecule has 1 aromatic heterocycles. The lowest BCUT2D eigenvalue weighted by Gasteiger charge is -2.55. The van der Waals surface area contributed by atoms with Gasteiger partial charge in [-0.05, 0) is 30.2 Å². The van der Waals surface area contributed by atoms with E-state index >= 15 is 0 Å². The van der Waals surface area contributed by atoms with Crippen molar-refractivity contribution >= 4 is 0 Å². The van der Waals surface area contributed by atoms with Crippen LogP contribution in [0.4, 0.5) is 0 Å². The summed E-state index contributed by atoms with van der Waals surface area (Å²) < 4.78 is 5.34. The van der Waals surface area contributed by atoms with Gasteiger partial charge in [-0.2, -0.15) is 0 Å². The summed E-state index contributed by atoms with van der Waals surface area (Å²) in [5, 5.41) is 23.0. The minimum atomic E-state index is -1.20. The Morgan fingerprint density at radius 3 is 2.34 bits per heavy atom. The Kier molecular flexibility index (Phi) is 6.17. The number of ether oxygens (including phenoxy) is 1. The molecule has 0 saturated carbocycles. The summed E-state index contributed by atoms with van der Waals surface area (Å²) in [6, 6.07) is 10.2. The molecule has 5 heteroatoms. The molecule has 2 fully saturated rings. The van der Waals surface area contributed by atoms with E-state index in [2.05, 4.69) is 61.7 Å². The Labute approximate surface area is 191 Å². The lowest BCUT2D eigenvalue weighted by molar-refractivity contribution is -0.127. The molecule has 4 rings (SSSR count). The first kappa shape index (κ1) is 22.9. The van der Waals surface area contributed by atoms with Gasteiger partial charge in [-0.15, -0.1) is 0 Å². The van der Waals surface area contributed by atoms with Gasteiger partial charge in [0.2, 0.25) is 0 Å². The fraction of sp³-hybridized carbons (Fsp3) is 0.519. The van der Waals surface area contributed by atoms with Crippen LogP contribution in [0.25, 0.3) is 0 Å². The fourth-order valence-corrected chi connectivity index (χ4v) is 5.08. The molecule has 2 aliphatic rings. The molecule has 0 bridgehead atoms. The number of hydrogen-bond acceptors (Lipinski definition) is 5. The maximum absolute atomic E-state index is 12.3. The third-order valence-corrected chi connectivity index (χ3v) is 7.02. The molecule has 0 spiro atoms. The fourth-order valence-electron chi connectivity index (χ4n) is 5.08. The Morgan fingerprint density at radius 1 is 1.09 bits per heavy atom. The number of benzene rings is 1. The summed E-state index contributed by atoms with van der Waals surface area (Å²) in [5.74, 6) is 6.55. The maximum Gasteiger partial charge on any atom is 0.130 e. The van der Waals surface area contributed by atoms with Gasteiger partial charge in [0, 0.05) is 54.9 Å². The van der Waals surface area contributed by atoms with Crippen LogP contribution in [0.3, 0.4) is 0 Å². The molecule has 3 heterocycles. The first-order valence-electron chi connectivity index (χ1n) is 11.5. The predicted molar refractivity (Wildman–Crippen MR) is 125 cm³/mol. The summed E-state index contributed by atoms with van der Waals surface area (Å²) in [5.41, 5.74) is 0.956. The van der Waals surface area contributed by atoms with Gasteiger partial charge in [-0.3, -0.25) is 4.98 Å². The number of aliphatic hydroxyl groups is 2. The van der Waals surface area contributed by atoms with Crippen molar-refractivity contribution in [3.8, 4) is 11.8 Å². The van der Waals surface area contributed by atoms with E-state index in [1.54, 1.807) is 12.4 Å². The molecule has 5 nitrogen and oxygen atoms in total. The average Bonchev–Trinajstić information content (AvgIpc) is 2.77. The quantitative estimate of drug-likeness (QED) is 0.723. The standard InChI is InChI=1S/C27H34N2O3/c1-20(2)22-5-7-23(8-6-22)27(31,25(3)18-29(4)19-25)24-15-21(16-28-17-24)9-10-26(30)11-13-32-14-12-26/h5-8,15-17,20,30-31H,11-14,18-19H2,1-4H3. The second-order valence-electron chi connectivity index (χ2n) is 10.1. The topological polar surface area (TPSA) is 65.8 Å². The zero-order valence-electron chi connectivity index (χ0n) is 19.6. The molecule has 0 amide bonds. The zero-order valence-corrected chi connectivity index (χ0v) is 19.6. The van der Waals surface area contributed by atoms with Crippen LogP contribution in [0.5, 0.6) is 0 Å². The van der Waals surface area contributed by atoms with Crippen LogP contribution in [-0.2, 0) is 10.3 Å². The summed E-state index contributed by atoms with van der Waals surface area (Å²) >= 11 is 0. The van der Waals surface area contributed by atoms with Crippen molar-refractivity contribution in [3.63, 3.8) is 0 Å². The Bertz CT molecular complexity index is 1010. The average molecular weight is 435 g/mol. The van der Waals surface area contributed by atoms with Crippen LogP contribution >= 0.6 is 0 Å². The first-order valence-corrected chi connectivity index (χ1v) is 11.5. The van der Waals surface area contributed by atoms with Crippen LogP contribution in [0.1, 0.15) is 61.8 Å². The summed E-state index contributed by atoms with van der Waals surface area (Å²) in [6.45, 7) is 9.06. The van der Waals surface area contributed by atoms with Gasteiger partial charge in [0.05, 0.1) is 13.2 Å². The SMILES string of the molecule is CC(C)c1ccc(C(O)(c2cncc(C#CC3(O)CCOCC3)c2)C2(C)CN(C)C2)cc1. The highest BCUT2D eigenvalue weighted by Gasteiger charge is 2.55. The molecule has 2 saturated heterocycles. The number of rotatable bonds is 4. The van der Waals surface area contributed by atoms with Crippen LogP contribution in [0, 0.1) is 17.3 Å². The zero-order chi connectivity index (χ0) is 23.0. The van der Waals surface area contributed by atoms with Crippen LogP contribution < -0.4 is 0 Å². The van der Waals surface area contributed by atoms with E-state index in [4.69, 9.17) is 4.74 Å². The molecule has 2 aromatic rings. The second kappa shape index (κ2) is 8.61. The molecule has 1 atom stereocenters. The molecule has 0 aliphatic carbocycles. The number of pyridine rings is 1. The predicted octanol–water partition coefficient (Wildman–Crippen LogP) is 3.29. The molecule has 32 heavy (non-hydrogen) atoms. The van der Waals surface area contributed by atoms with E-state index in [0.717, 1.165) is 24.2 Å². The largest absolute Gasteiger partial charge is 0.381 e. The molecular weight excluding hydrogens is 400 g/mol. The molecule has 1 unspecified atom stereocenters. The van der Waals surface area contributed by atoms with Gasteiger partial charge < -0.3 is 19.8 Å². The van der Waals surface area contributed by atoms with Crippen molar-refractivity contribution in [2.24, 2.45) is 5.41 Å². The van der Waals surface area contributed by atoms with Crippen molar-refractivity contribution < 1.29 is 14.9 Å². The van der Waals surface area contributed by atoms with E-state index in [9.17, 15) is 10.2 Å². The number of likely N-dealkylation sites (tertiary alicyclic amines) is 1. The van der Waals surface area contributed by atoms with E-state index < -0.39 is 11.2 Å². The minimum Gasteiger partial charge on any atom is -0.381 e. The Morgan fingerprint density at radius 2 is 1.75 bits per heavy atom. The normalized spacial score (nSPS) is 21.8. The smallest absolute Gasteiger partial charge is 0.130 e. The Hall–Kier alpha value is -2.23. The van der Waals surface area contributed by atoms with Gasteiger partial charge >= 0.3 is 0 Å². The van der Waals surface area contributed by atoms with Gasteiger partial charge in [0.25, 0.3) is 0 Å². The van der Waals surface area contributed by atoms with Gasteiger partial charge in [0.15, 0.2) is 0 Å². The van der Waals surface area contributed by atoms with Gasteiger partial charge in [0.1, 0.15) is 11.2 Å². The third kappa shape index (κ3) is 4.21. The van der Waals surface area contributed by atoms with Crippen molar-refractivity contribution in [3.05, 3.63) is 65.0 Å². The van der Waals surface area contributed by atoms with E-state index in [1.165, 1.54) is 5.56 Å². The minimum absolute atomic E-state index is 0.353. The van der Waals surface area contributed by atoms with Gasteiger partial charge in [-0.1, -0.05) is 56.9 Å². The lowest BCUT2D eigenvalue weighted by atomic mass is 9.62. The highest BCUT2D eigenvalue weighted by molar-refractivity contribution is 5.45. The summed E-state index contributed by atoms with van der Waals surface area (Å²) in [7, 11) is 2.07. The molecular formula is C27H34N2O3.